The fraction of sp³-hybridized carbons (Fsp3) is 0.333. The molecule has 1 aliphatic rings. The van der Waals surface area contributed by atoms with Gasteiger partial charge in [0.05, 0.1) is 10.5 Å². The lowest BCUT2D eigenvalue weighted by molar-refractivity contribution is -0.386. The van der Waals surface area contributed by atoms with E-state index in [0.717, 1.165) is 0 Å². The van der Waals surface area contributed by atoms with E-state index in [9.17, 15) is 15.2 Å². The minimum atomic E-state index is -1.07. The van der Waals surface area contributed by atoms with Crippen LogP contribution >= 0.6 is 0 Å². The van der Waals surface area contributed by atoms with Gasteiger partial charge in [0.25, 0.3) is 5.69 Å². The molecule has 0 aromatic heterocycles. The van der Waals surface area contributed by atoms with Crippen LogP contribution in [-0.2, 0) is 5.60 Å². The molecule has 1 aromatic carbocycles. The van der Waals surface area contributed by atoms with E-state index in [-0.39, 0.29) is 5.69 Å². The molecule has 0 bridgehead atoms. The molecule has 0 saturated carbocycles. The average Bonchev–Trinajstić information content (AvgIpc) is 2.14. The van der Waals surface area contributed by atoms with Crippen LogP contribution in [0, 0.1) is 10.1 Å². The molecule has 0 spiro atoms. The molecule has 2 N–H and O–H groups in total. The first kappa shape index (κ1) is 9.11. The summed E-state index contributed by atoms with van der Waals surface area (Å²) in [6.07, 6.45) is 0. The van der Waals surface area contributed by atoms with E-state index in [1.165, 1.54) is 6.07 Å². The third-order valence-electron chi connectivity index (χ3n) is 2.44. The second-order valence-corrected chi connectivity index (χ2v) is 3.41. The smallest absolute Gasteiger partial charge is 0.275 e. The van der Waals surface area contributed by atoms with Crippen LogP contribution in [0.2, 0.25) is 0 Å². The maximum atomic E-state index is 10.7. The number of benzene rings is 1. The highest BCUT2D eigenvalue weighted by Gasteiger charge is 2.40. The Bertz CT molecular complexity index is 374. The SMILES string of the molecule is O=[N+]([O-])c1ccccc1C1(O)CNC1. The van der Waals surface area contributed by atoms with E-state index in [1.807, 2.05) is 0 Å². The van der Waals surface area contributed by atoms with E-state index in [0.29, 0.717) is 18.7 Å². The number of aliphatic hydroxyl groups is 1. The van der Waals surface area contributed by atoms with Gasteiger partial charge in [0, 0.05) is 19.2 Å². The van der Waals surface area contributed by atoms with E-state index in [1.54, 1.807) is 18.2 Å². The molecule has 1 aliphatic heterocycles. The lowest BCUT2D eigenvalue weighted by atomic mass is 9.87. The summed E-state index contributed by atoms with van der Waals surface area (Å²) in [5.41, 5.74) is -0.691. The first-order valence-corrected chi connectivity index (χ1v) is 4.30. The van der Waals surface area contributed by atoms with Gasteiger partial charge >= 0.3 is 0 Å². The van der Waals surface area contributed by atoms with Gasteiger partial charge in [0.15, 0.2) is 0 Å². The summed E-state index contributed by atoms with van der Waals surface area (Å²) >= 11 is 0. The average molecular weight is 194 g/mol. The highest BCUT2D eigenvalue weighted by Crippen LogP contribution is 2.32. The third kappa shape index (κ3) is 1.26. The monoisotopic (exact) mass is 194 g/mol. The van der Waals surface area contributed by atoms with E-state index >= 15 is 0 Å². The van der Waals surface area contributed by atoms with Crippen molar-refractivity contribution in [3.05, 3.63) is 39.9 Å². The van der Waals surface area contributed by atoms with E-state index < -0.39 is 10.5 Å². The molecule has 74 valence electrons. The molecule has 1 aromatic rings. The first-order valence-electron chi connectivity index (χ1n) is 4.30. The normalized spacial score (nSPS) is 18.6. The molecule has 1 fully saturated rings. The van der Waals surface area contributed by atoms with Crippen LogP contribution < -0.4 is 5.32 Å². The van der Waals surface area contributed by atoms with Crippen LogP contribution in [0.4, 0.5) is 5.69 Å². The largest absolute Gasteiger partial charge is 0.382 e. The topological polar surface area (TPSA) is 75.4 Å². The van der Waals surface area contributed by atoms with Crippen LogP contribution in [0.3, 0.4) is 0 Å². The zero-order valence-electron chi connectivity index (χ0n) is 7.43. The molecule has 0 unspecified atom stereocenters. The van der Waals surface area contributed by atoms with Gasteiger partial charge in [-0.05, 0) is 6.07 Å². The van der Waals surface area contributed by atoms with Crippen LogP contribution in [0.1, 0.15) is 5.56 Å². The number of nitrogens with zero attached hydrogens (tertiary/aromatic N) is 1. The van der Waals surface area contributed by atoms with Crippen molar-refractivity contribution >= 4 is 5.69 Å². The molecular formula is C9H10N2O3. The number of nitro groups is 1. The Morgan fingerprint density at radius 1 is 1.43 bits per heavy atom. The molecule has 0 amide bonds. The molecule has 0 atom stereocenters. The number of rotatable bonds is 2. The van der Waals surface area contributed by atoms with Crippen molar-refractivity contribution in [2.75, 3.05) is 13.1 Å². The van der Waals surface area contributed by atoms with Gasteiger partial charge in [0.1, 0.15) is 5.60 Å². The van der Waals surface area contributed by atoms with Gasteiger partial charge in [-0.1, -0.05) is 12.1 Å². The van der Waals surface area contributed by atoms with Gasteiger partial charge in [-0.15, -0.1) is 0 Å². The van der Waals surface area contributed by atoms with Crippen molar-refractivity contribution in [2.24, 2.45) is 0 Å². The van der Waals surface area contributed by atoms with Crippen molar-refractivity contribution < 1.29 is 10.0 Å². The standard InChI is InChI=1S/C9H10N2O3/c12-9(5-10-6-9)7-3-1-2-4-8(7)11(13)14/h1-4,10,12H,5-6H2. The number of β-amino-alcohol motifs (C(OH)–C–C–N with tert-alkyl or cyclic N) is 1. The maximum absolute atomic E-state index is 10.7. The van der Waals surface area contributed by atoms with Crippen molar-refractivity contribution in [1.29, 1.82) is 0 Å². The lowest BCUT2D eigenvalue weighted by Gasteiger charge is -2.37. The summed E-state index contributed by atoms with van der Waals surface area (Å²) in [6, 6.07) is 6.29. The highest BCUT2D eigenvalue weighted by molar-refractivity contribution is 5.45. The van der Waals surface area contributed by atoms with E-state index in [4.69, 9.17) is 0 Å². The minimum Gasteiger partial charge on any atom is -0.382 e. The third-order valence-corrected chi connectivity index (χ3v) is 2.44. The second kappa shape index (κ2) is 3.04. The zero-order valence-corrected chi connectivity index (χ0v) is 7.43. The number of nitro benzene ring substituents is 1. The minimum absolute atomic E-state index is 0.0171. The maximum Gasteiger partial charge on any atom is 0.275 e. The number of nitrogens with one attached hydrogen (secondary N) is 1. The van der Waals surface area contributed by atoms with Crippen molar-refractivity contribution in [2.45, 2.75) is 5.60 Å². The van der Waals surface area contributed by atoms with Crippen LogP contribution in [0.25, 0.3) is 0 Å². The summed E-state index contributed by atoms with van der Waals surface area (Å²) in [5, 5.41) is 23.5. The molecule has 1 heterocycles. The Labute approximate surface area is 80.5 Å². The Balaban J connectivity index is 2.46. The van der Waals surface area contributed by atoms with Gasteiger partial charge in [-0.3, -0.25) is 10.1 Å². The summed E-state index contributed by atoms with van der Waals surface area (Å²) in [5.74, 6) is 0. The van der Waals surface area contributed by atoms with Crippen molar-refractivity contribution in [3.63, 3.8) is 0 Å². The van der Waals surface area contributed by atoms with Gasteiger partial charge in [0.2, 0.25) is 0 Å². The molecular weight excluding hydrogens is 184 g/mol. The van der Waals surface area contributed by atoms with Gasteiger partial charge in [-0.25, -0.2) is 0 Å². The molecule has 5 nitrogen and oxygen atoms in total. The number of hydrogen-bond acceptors (Lipinski definition) is 4. The van der Waals surface area contributed by atoms with Crippen LogP contribution in [0.5, 0.6) is 0 Å². The molecule has 0 radical (unpaired) electrons. The number of hydrogen-bond donors (Lipinski definition) is 2. The molecule has 1 saturated heterocycles. The van der Waals surface area contributed by atoms with Gasteiger partial charge in [-0.2, -0.15) is 0 Å². The fourth-order valence-corrected chi connectivity index (χ4v) is 1.58. The quantitative estimate of drug-likeness (QED) is 0.527. The Morgan fingerprint density at radius 2 is 2.07 bits per heavy atom. The summed E-state index contributed by atoms with van der Waals surface area (Å²) in [7, 11) is 0. The molecule has 0 aliphatic carbocycles. The van der Waals surface area contributed by atoms with Crippen LogP contribution in [0.15, 0.2) is 24.3 Å². The Morgan fingerprint density at radius 3 is 2.57 bits per heavy atom. The second-order valence-electron chi connectivity index (χ2n) is 3.41. The molecule has 5 heteroatoms. The van der Waals surface area contributed by atoms with Crippen LogP contribution in [-0.4, -0.2) is 23.1 Å². The zero-order chi connectivity index (χ0) is 10.2. The predicted molar refractivity (Wildman–Crippen MR) is 49.9 cm³/mol. The molecule has 14 heavy (non-hydrogen) atoms. The van der Waals surface area contributed by atoms with Crippen molar-refractivity contribution in [3.8, 4) is 0 Å². The predicted octanol–water partition coefficient (Wildman–Crippen LogP) is 0.386. The summed E-state index contributed by atoms with van der Waals surface area (Å²) < 4.78 is 0. The van der Waals surface area contributed by atoms with Gasteiger partial charge < -0.3 is 10.4 Å². The Kier molecular flexibility index (Phi) is 1.98. The number of para-hydroxylation sites is 1. The summed E-state index contributed by atoms with van der Waals surface area (Å²) in [6.45, 7) is 0.746. The highest BCUT2D eigenvalue weighted by atomic mass is 16.6. The molecule has 2 rings (SSSR count). The lowest BCUT2D eigenvalue weighted by Crippen LogP contribution is -2.56. The van der Waals surface area contributed by atoms with E-state index in [2.05, 4.69) is 5.32 Å². The van der Waals surface area contributed by atoms with Crippen molar-refractivity contribution in [1.82, 2.24) is 5.32 Å². The summed E-state index contributed by atoms with van der Waals surface area (Å²) in [4.78, 5) is 10.2. The fourth-order valence-electron chi connectivity index (χ4n) is 1.58. The first-order chi connectivity index (χ1) is 6.63. The Hall–Kier alpha value is -1.46.